The molecule has 1 N–H and O–H groups in total. The summed E-state index contributed by atoms with van der Waals surface area (Å²) >= 11 is 0. The predicted octanol–water partition coefficient (Wildman–Crippen LogP) is 2.43. The SMILES string of the molecule is CCN(C)c1ccc(CNC(C)(C)C)cn1. The second kappa shape index (κ2) is 5.30. The van der Waals surface area contributed by atoms with Crippen LogP contribution in [0.4, 0.5) is 5.82 Å². The summed E-state index contributed by atoms with van der Waals surface area (Å²) in [5.41, 5.74) is 1.38. The van der Waals surface area contributed by atoms with Crippen LogP contribution in [0.15, 0.2) is 18.3 Å². The van der Waals surface area contributed by atoms with Crippen LogP contribution in [0.2, 0.25) is 0 Å². The molecule has 0 amide bonds. The van der Waals surface area contributed by atoms with Gasteiger partial charge in [0.1, 0.15) is 5.82 Å². The van der Waals surface area contributed by atoms with Crippen molar-refractivity contribution in [1.29, 1.82) is 0 Å². The van der Waals surface area contributed by atoms with Crippen molar-refractivity contribution in [2.45, 2.75) is 39.8 Å². The maximum absolute atomic E-state index is 4.44. The van der Waals surface area contributed by atoms with Crippen molar-refractivity contribution in [3.8, 4) is 0 Å². The average molecular weight is 221 g/mol. The van der Waals surface area contributed by atoms with Crippen LogP contribution in [0.3, 0.4) is 0 Å². The van der Waals surface area contributed by atoms with E-state index in [0.717, 1.165) is 18.9 Å². The summed E-state index contributed by atoms with van der Waals surface area (Å²) in [7, 11) is 2.05. The maximum Gasteiger partial charge on any atom is 0.128 e. The van der Waals surface area contributed by atoms with Gasteiger partial charge >= 0.3 is 0 Å². The van der Waals surface area contributed by atoms with Gasteiger partial charge in [0.15, 0.2) is 0 Å². The van der Waals surface area contributed by atoms with E-state index in [-0.39, 0.29) is 5.54 Å². The molecule has 16 heavy (non-hydrogen) atoms. The summed E-state index contributed by atoms with van der Waals surface area (Å²) in [4.78, 5) is 6.56. The monoisotopic (exact) mass is 221 g/mol. The standard InChI is InChI=1S/C13H23N3/c1-6-16(5)12-8-7-11(9-14-12)10-15-13(2,3)4/h7-9,15H,6,10H2,1-5H3. The zero-order valence-corrected chi connectivity index (χ0v) is 11.0. The lowest BCUT2D eigenvalue weighted by molar-refractivity contribution is 0.424. The third-order valence-electron chi connectivity index (χ3n) is 2.50. The molecule has 0 aromatic carbocycles. The maximum atomic E-state index is 4.44. The fourth-order valence-corrected chi connectivity index (χ4v) is 1.28. The molecule has 1 rings (SSSR count). The minimum Gasteiger partial charge on any atom is -0.360 e. The molecule has 0 aliphatic heterocycles. The first-order chi connectivity index (χ1) is 7.42. The molecule has 0 unspecified atom stereocenters. The van der Waals surface area contributed by atoms with E-state index in [2.05, 4.69) is 62.1 Å². The number of hydrogen-bond donors (Lipinski definition) is 1. The van der Waals surface area contributed by atoms with Crippen LogP contribution in [-0.2, 0) is 6.54 Å². The molecule has 0 aliphatic rings. The molecule has 0 fully saturated rings. The molecule has 0 atom stereocenters. The van der Waals surface area contributed by atoms with Gasteiger partial charge in [0, 0.05) is 31.9 Å². The Morgan fingerprint density at radius 1 is 1.31 bits per heavy atom. The van der Waals surface area contributed by atoms with Gasteiger partial charge in [0.05, 0.1) is 0 Å². The second-order valence-electron chi connectivity index (χ2n) is 5.14. The summed E-state index contributed by atoms with van der Waals surface area (Å²) < 4.78 is 0. The molecule has 0 aliphatic carbocycles. The third kappa shape index (κ3) is 4.19. The van der Waals surface area contributed by atoms with Gasteiger partial charge in [-0.15, -0.1) is 0 Å². The molecule has 0 bridgehead atoms. The molecule has 1 heterocycles. The average Bonchev–Trinajstić information content (AvgIpc) is 2.25. The number of nitrogens with zero attached hydrogens (tertiary/aromatic N) is 2. The molecule has 3 nitrogen and oxygen atoms in total. The summed E-state index contributed by atoms with van der Waals surface area (Å²) in [6, 6.07) is 4.20. The highest BCUT2D eigenvalue weighted by molar-refractivity contribution is 5.37. The van der Waals surface area contributed by atoms with E-state index in [1.807, 2.05) is 6.20 Å². The zero-order chi connectivity index (χ0) is 12.2. The van der Waals surface area contributed by atoms with Gasteiger partial charge in [-0.2, -0.15) is 0 Å². The van der Waals surface area contributed by atoms with Gasteiger partial charge in [-0.05, 0) is 39.3 Å². The van der Waals surface area contributed by atoms with Gasteiger partial charge in [-0.3, -0.25) is 0 Å². The van der Waals surface area contributed by atoms with E-state index >= 15 is 0 Å². The zero-order valence-electron chi connectivity index (χ0n) is 11.0. The third-order valence-corrected chi connectivity index (χ3v) is 2.50. The van der Waals surface area contributed by atoms with E-state index in [0.29, 0.717) is 0 Å². The van der Waals surface area contributed by atoms with Crippen LogP contribution < -0.4 is 10.2 Å². The van der Waals surface area contributed by atoms with E-state index in [1.54, 1.807) is 0 Å². The first-order valence-corrected chi connectivity index (χ1v) is 5.83. The van der Waals surface area contributed by atoms with E-state index < -0.39 is 0 Å². The van der Waals surface area contributed by atoms with Crippen LogP contribution in [0.5, 0.6) is 0 Å². The smallest absolute Gasteiger partial charge is 0.128 e. The first kappa shape index (κ1) is 13.0. The summed E-state index contributed by atoms with van der Waals surface area (Å²) in [6.07, 6.45) is 1.94. The second-order valence-corrected chi connectivity index (χ2v) is 5.14. The quantitative estimate of drug-likeness (QED) is 0.846. The molecule has 90 valence electrons. The van der Waals surface area contributed by atoms with Crippen LogP contribution in [0.25, 0.3) is 0 Å². The molecule has 0 saturated heterocycles. The lowest BCUT2D eigenvalue weighted by atomic mass is 10.1. The van der Waals surface area contributed by atoms with Gasteiger partial charge in [-0.1, -0.05) is 6.07 Å². The summed E-state index contributed by atoms with van der Waals surface area (Å²) in [5.74, 6) is 1.03. The van der Waals surface area contributed by atoms with Crippen LogP contribution >= 0.6 is 0 Å². The predicted molar refractivity (Wildman–Crippen MR) is 69.8 cm³/mol. The number of nitrogens with one attached hydrogen (secondary N) is 1. The lowest BCUT2D eigenvalue weighted by Gasteiger charge is -2.21. The van der Waals surface area contributed by atoms with Crippen LogP contribution in [0, 0.1) is 0 Å². The normalized spacial score (nSPS) is 11.6. The largest absolute Gasteiger partial charge is 0.360 e. The fourth-order valence-electron chi connectivity index (χ4n) is 1.28. The molecule has 1 aromatic rings. The van der Waals surface area contributed by atoms with E-state index in [1.165, 1.54) is 5.56 Å². The Bertz CT molecular complexity index is 311. The molecular formula is C13H23N3. The Hall–Kier alpha value is -1.09. The number of aromatic nitrogens is 1. The Morgan fingerprint density at radius 3 is 2.44 bits per heavy atom. The Balaban J connectivity index is 2.58. The summed E-state index contributed by atoms with van der Waals surface area (Å²) in [6.45, 7) is 10.5. The molecule has 0 radical (unpaired) electrons. The highest BCUT2D eigenvalue weighted by atomic mass is 15.1. The molecule has 0 spiro atoms. The Kier molecular flexibility index (Phi) is 4.30. The highest BCUT2D eigenvalue weighted by Gasteiger charge is 2.08. The van der Waals surface area contributed by atoms with Crippen molar-refractivity contribution in [3.63, 3.8) is 0 Å². The van der Waals surface area contributed by atoms with Crippen molar-refractivity contribution in [2.75, 3.05) is 18.5 Å². The first-order valence-electron chi connectivity index (χ1n) is 5.83. The Morgan fingerprint density at radius 2 is 2.00 bits per heavy atom. The topological polar surface area (TPSA) is 28.2 Å². The van der Waals surface area contributed by atoms with Crippen molar-refractivity contribution in [1.82, 2.24) is 10.3 Å². The Labute approximate surface area is 98.9 Å². The number of pyridine rings is 1. The minimum atomic E-state index is 0.152. The van der Waals surface area contributed by atoms with Gasteiger partial charge < -0.3 is 10.2 Å². The highest BCUT2D eigenvalue weighted by Crippen LogP contribution is 2.10. The van der Waals surface area contributed by atoms with Crippen molar-refractivity contribution >= 4 is 5.82 Å². The lowest BCUT2D eigenvalue weighted by Crippen LogP contribution is -2.35. The van der Waals surface area contributed by atoms with Gasteiger partial charge in [-0.25, -0.2) is 4.98 Å². The fraction of sp³-hybridized carbons (Fsp3) is 0.615. The van der Waals surface area contributed by atoms with Crippen LogP contribution in [0.1, 0.15) is 33.3 Å². The van der Waals surface area contributed by atoms with Crippen molar-refractivity contribution in [2.24, 2.45) is 0 Å². The minimum absolute atomic E-state index is 0.152. The van der Waals surface area contributed by atoms with Gasteiger partial charge in [0.25, 0.3) is 0 Å². The van der Waals surface area contributed by atoms with Crippen molar-refractivity contribution < 1.29 is 0 Å². The van der Waals surface area contributed by atoms with Gasteiger partial charge in [0.2, 0.25) is 0 Å². The van der Waals surface area contributed by atoms with E-state index in [9.17, 15) is 0 Å². The molecular weight excluding hydrogens is 198 g/mol. The molecule has 1 aromatic heterocycles. The van der Waals surface area contributed by atoms with E-state index in [4.69, 9.17) is 0 Å². The number of hydrogen-bond acceptors (Lipinski definition) is 3. The number of anilines is 1. The van der Waals surface area contributed by atoms with Crippen LogP contribution in [-0.4, -0.2) is 24.1 Å². The molecule has 3 heteroatoms. The molecule has 0 saturated carbocycles. The summed E-state index contributed by atoms with van der Waals surface area (Å²) in [5, 5.41) is 3.45. The van der Waals surface area contributed by atoms with Crippen molar-refractivity contribution in [3.05, 3.63) is 23.9 Å². The number of rotatable bonds is 4.